The van der Waals surface area contributed by atoms with Gasteiger partial charge in [0.15, 0.2) is 6.17 Å². The van der Waals surface area contributed by atoms with Gasteiger partial charge in [0.1, 0.15) is 6.17 Å². The Bertz CT molecular complexity index is 272. The standard InChI is InChI=1S/C7H9N3O2/c11-7(12)6-9-4-2-1-3-8-5(4)10-6/h1-3,5-6,8-10H,(H,11,12). The molecule has 0 bridgehead atoms. The van der Waals surface area contributed by atoms with E-state index in [0.717, 1.165) is 5.70 Å². The average molecular weight is 167 g/mol. The fraction of sp³-hybridized carbons (Fsp3) is 0.286. The molecule has 0 spiro atoms. The number of carbonyl (C=O) groups is 1. The van der Waals surface area contributed by atoms with Crippen LogP contribution in [-0.2, 0) is 4.79 Å². The minimum Gasteiger partial charge on any atom is -0.479 e. The van der Waals surface area contributed by atoms with Gasteiger partial charge in [-0.3, -0.25) is 5.32 Å². The van der Waals surface area contributed by atoms with Crippen molar-refractivity contribution < 1.29 is 9.90 Å². The van der Waals surface area contributed by atoms with Gasteiger partial charge in [0.25, 0.3) is 0 Å². The van der Waals surface area contributed by atoms with Gasteiger partial charge in [0, 0.05) is 0 Å². The van der Waals surface area contributed by atoms with Crippen molar-refractivity contribution in [1.29, 1.82) is 0 Å². The second-order valence-corrected chi connectivity index (χ2v) is 2.66. The molecule has 0 radical (unpaired) electrons. The van der Waals surface area contributed by atoms with Gasteiger partial charge in [-0.15, -0.1) is 0 Å². The highest BCUT2D eigenvalue weighted by Gasteiger charge is 2.31. The Morgan fingerprint density at radius 1 is 1.58 bits per heavy atom. The van der Waals surface area contributed by atoms with Crippen molar-refractivity contribution in [3.8, 4) is 0 Å². The van der Waals surface area contributed by atoms with E-state index in [1.54, 1.807) is 6.20 Å². The van der Waals surface area contributed by atoms with Crippen LogP contribution in [-0.4, -0.2) is 23.4 Å². The van der Waals surface area contributed by atoms with E-state index in [9.17, 15) is 4.79 Å². The predicted octanol–water partition coefficient (Wildman–Crippen LogP) is -1.08. The number of rotatable bonds is 1. The van der Waals surface area contributed by atoms with Crippen LogP contribution in [0.15, 0.2) is 24.0 Å². The topological polar surface area (TPSA) is 73.4 Å². The van der Waals surface area contributed by atoms with Crippen LogP contribution in [0.25, 0.3) is 0 Å². The van der Waals surface area contributed by atoms with Crippen molar-refractivity contribution in [2.24, 2.45) is 0 Å². The lowest BCUT2D eigenvalue weighted by atomic mass is 10.3. The zero-order chi connectivity index (χ0) is 8.55. The Labute approximate surface area is 69.1 Å². The van der Waals surface area contributed by atoms with Crippen molar-refractivity contribution in [2.75, 3.05) is 0 Å². The summed E-state index contributed by atoms with van der Waals surface area (Å²) < 4.78 is 0. The number of carboxylic acids is 1. The molecule has 5 heteroatoms. The number of dihydropyridines is 1. The maximum Gasteiger partial charge on any atom is 0.341 e. The summed E-state index contributed by atoms with van der Waals surface area (Å²) in [4.78, 5) is 10.5. The van der Waals surface area contributed by atoms with Crippen molar-refractivity contribution in [2.45, 2.75) is 12.3 Å². The molecule has 2 aliphatic heterocycles. The Balaban J connectivity index is 2.12. The predicted molar refractivity (Wildman–Crippen MR) is 41.8 cm³/mol. The van der Waals surface area contributed by atoms with Gasteiger partial charge in [0.2, 0.25) is 0 Å². The number of carboxylic acid groups (broad SMARTS) is 1. The number of nitrogens with one attached hydrogen (secondary N) is 3. The third-order valence-electron chi connectivity index (χ3n) is 1.84. The van der Waals surface area contributed by atoms with Gasteiger partial charge in [-0.25, -0.2) is 4.79 Å². The minimum absolute atomic E-state index is 0.0869. The summed E-state index contributed by atoms with van der Waals surface area (Å²) in [7, 11) is 0. The number of allylic oxidation sites excluding steroid dienone is 2. The fourth-order valence-corrected chi connectivity index (χ4v) is 1.27. The van der Waals surface area contributed by atoms with E-state index in [-0.39, 0.29) is 6.17 Å². The van der Waals surface area contributed by atoms with Crippen LogP contribution >= 0.6 is 0 Å². The van der Waals surface area contributed by atoms with Crippen molar-refractivity contribution in [3.05, 3.63) is 24.0 Å². The molecule has 2 heterocycles. The van der Waals surface area contributed by atoms with E-state index in [2.05, 4.69) is 16.0 Å². The molecule has 12 heavy (non-hydrogen) atoms. The quantitative estimate of drug-likeness (QED) is 0.399. The van der Waals surface area contributed by atoms with Crippen LogP contribution in [0.5, 0.6) is 0 Å². The van der Waals surface area contributed by atoms with Crippen LogP contribution in [0.1, 0.15) is 0 Å². The van der Waals surface area contributed by atoms with E-state index in [0.29, 0.717) is 0 Å². The molecule has 2 aliphatic rings. The first-order valence-electron chi connectivity index (χ1n) is 3.65. The summed E-state index contributed by atoms with van der Waals surface area (Å²) in [5.41, 5.74) is 0.866. The first-order valence-corrected chi connectivity index (χ1v) is 3.65. The molecule has 1 fully saturated rings. The van der Waals surface area contributed by atoms with E-state index >= 15 is 0 Å². The SMILES string of the molecule is O=C(O)C1NC2=CC=CNC2N1. The monoisotopic (exact) mass is 167 g/mol. The van der Waals surface area contributed by atoms with Gasteiger partial charge >= 0.3 is 5.97 Å². The summed E-state index contributed by atoms with van der Waals surface area (Å²) in [5, 5.41) is 17.3. The lowest BCUT2D eigenvalue weighted by Crippen LogP contribution is -2.44. The Hall–Kier alpha value is -1.49. The van der Waals surface area contributed by atoms with Crippen molar-refractivity contribution in [1.82, 2.24) is 16.0 Å². The smallest absolute Gasteiger partial charge is 0.341 e. The zero-order valence-corrected chi connectivity index (χ0v) is 6.24. The lowest BCUT2D eigenvalue weighted by Gasteiger charge is -2.13. The van der Waals surface area contributed by atoms with Crippen LogP contribution in [0.4, 0.5) is 0 Å². The molecule has 5 nitrogen and oxygen atoms in total. The van der Waals surface area contributed by atoms with Gasteiger partial charge in [-0.05, 0) is 18.4 Å². The van der Waals surface area contributed by atoms with E-state index in [1.807, 2.05) is 12.2 Å². The number of hydrogen-bond acceptors (Lipinski definition) is 4. The van der Waals surface area contributed by atoms with Crippen LogP contribution in [0.3, 0.4) is 0 Å². The Morgan fingerprint density at radius 3 is 3.08 bits per heavy atom. The maximum atomic E-state index is 10.5. The first-order chi connectivity index (χ1) is 5.77. The molecule has 2 unspecified atom stereocenters. The van der Waals surface area contributed by atoms with Crippen molar-refractivity contribution in [3.63, 3.8) is 0 Å². The van der Waals surface area contributed by atoms with Crippen LogP contribution < -0.4 is 16.0 Å². The van der Waals surface area contributed by atoms with Crippen molar-refractivity contribution >= 4 is 5.97 Å². The fourth-order valence-electron chi connectivity index (χ4n) is 1.27. The Morgan fingerprint density at radius 2 is 2.42 bits per heavy atom. The van der Waals surface area contributed by atoms with E-state index < -0.39 is 12.1 Å². The second-order valence-electron chi connectivity index (χ2n) is 2.66. The van der Waals surface area contributed by atoms with E-state index in [4.69, 9.17) is 5.11 Å². The zero-order valence-electron chi connectivity index (χ0n) is 6.24. The van der Waals surface area contributed by atoms with Gasteiger partial charge in [-0.1, -0.05) is 0 Å². The van der Waals surface area contributed by atoms with Crippen LogP contribution in [0, 0.1) is 0 Å². The first kappa shape index (κ1) is 7.17. The minimum atomic E-state index is -0.896. The molecular formula is C7H9N3O2. The largest absolute Gasteiger partial charge is 0.479 e. The summed E-state index contributed by atoms with van der Waals surface area (Å²) >= 11 is 0. The molecule has 1 saturated heterocycles. The molecule has 0 aromatic rings. The maximum absolute atomic E-state index is 10.5. The third kappa shape index (κ3) is 1.04. The molecular weight excluding hydrogens is 158 g/mol. The summed E-state index contributed by atoms with van der Waals surface area (Å²) in [6, 6.07) is 0. The highest BCUT2D eigenvalue weighted by molar-refractivity contribution is 5.74. The van der Waals surface area contributed by atoms with E-state index in [1.165, 1.54) is 0 Å². The number of fused-ring (bicyclic) bond motifs is 1. The molecule has 0 aromatic heterocycles. The normalized spacial score (nSPS) is 31.5. The Kier molecular flexibility index (Phi) is 1.51. The number of aliphatic carboxylic acids is 1. The van der Waals surface area contributed by atoms with Gasteiger partial charge < -0.3 is 15.7 Å². The summed E-state index contributed by atoms with van der Waals surface area (Å²) in [6.07, 6.45) is 4.67. The van der Waals surface area contributed by atoms with Gasteiger partial charge in [0.05, 0.1) is 5.70 Å². The molecule has 0 aliphatic carbocycles. The summed E-state index contributed by atoms with van der Waals surface area (Å²) in [5.74, 6) is -0.896. The average Bonchev–Trinajstić information content (AvgIpc) is 2.46. The third-order valence-corrected chi connectivity index (χ3v) is 1.84. The highest BCUT2D eigenvalue weighted by Crippen LogP contribution is 2.09. The molecule has 4 N–H and O–H groups in total. The molecule has 0 amide bonds. The summed E-state index contributed by atoms with van der Waals surface area (Å²) in [6.45, 7) is 0. The lowest BCUT2D eigenvalue weighted by molar-refractivity contribution is -0.139. The van der Waals surface area contributed by atoms with Crippen LogP contribution in [0.2, 0.25) is 0 Å². The molecule has 0 aromatic carbocycles. The number of hydrogen-bond donors (Lipinski definition) is 4. The molecule has 2 rings (SSSR count). The highest BCUT2D eigenvalue weighted by atomic mass is 16.4. The molecule has 0 saturated carbocycles. The van der Waals surface area contributed by atoms with Gasteiger partial charge in [-0.2, -0.15) is 0 Å². The second kappa shape index (κ2) is 2.53. The molecule has 2 atom stereocenters. The molecule has 64 valence electrons.